The molecule has 0 fully saturated rings. The third-order valence-electron chi connectivity index (χ3n) is 4.02. The van der Waals surface area contributed by atoms with Gasteiger partial charge in [-0.05, 0) is 24.7 Å². The van der Waals surface area contributed by atoms with Gasteiger partial charge in [0.05, 0.1) is 0 Å². The maximum atomic E-state index is 10.4. The van der Waals surface area contributed by atoms with E-state index in [1.165, 1.54) is 32.1 Å². The minimum Gasteiger partial charge on any atom is -0.365 e. The summed E-state index contributed by atoms with van der Waals surface area (Å²) in [6.07, 6.45) is 9.91. The number of hydrogen-bond acceptors (Lipinski definition) is 2. The summed E-state index contributed by atoms with van der Waals surface area (Å²) < 4.78 is 0. The summed E-state index contributed by atoms with van der Waals surface area (Å²) in [5.41, 5.74) is 0. The van der Waals surface area contributed by atoms with Crippen LogP contribution in [0.4, 0.5) is 0 Å². The van der Waals surface area contributed by atoms with E-state index in [4.69, 9.17) is 0 Å². The zero-order valence-electron chi connectivity index (χ0n) is 14.5. The summed E-state index contributed by atoms with van der Waals surface area (Å²) in [5, 5.41) is 20.8. The zero-order valence-corrected chi connectivity index (χ0v) is 14.5. The van der Waals surface area contributed by atoms with Crippen LogP contribution < -0.4 is 0 Å². The van der Waals surface area contributed by atoms with Crippen molar-refractivity contribution < 1.29 is 10.2 Å². The molecule has 2 N–H and O–H groups in total. The van der Waals surface area contributed by atoms with Gasteiger partial charge in [0.1, 0.15) is 0 Å². The minimum atomic E-state index is -1.48. The highest BCUT2D eigenvalue weighted by Crippen LogP contribution is 2.32. The van der Waals surface area contributed by atoms with Crippen LogP contribution in [0, 0.1) is 17.8 Å². The van der Waals surface area contributed by atoms with Gasteiger partial charge < -0.3 is 10.2 Å². The molecule has 122 valence electrons. The Hall–Kier alpha value is -0.0800. The van der Waals surface area contributed by atoms with Gasteiger partial charge >= 0.3 is 0 Å². The largest absolute Gasteiger partial charge is 0.365 e. The van der Waals surface area contributed by atoms with Gasteiger partial charge in [-0.15, -0.1) is 0 Å². The first-order chi connectivity index (χ1) is 9.29. The van der Waals surface area contributed by atoms with Crippen LogP contribution >= 0.6 is 0 Å². The third kappa shape index (κ3) is 9.77. The van der Waals surface area contributed by atoms with Crippen molar-refractivity contribution in [3.05, 3.63) is 0 Å². The van der Waals surface area contributed by atoms with E-state index in [-0.39, 0.29) is 5.92 Å². The lowest BCUT2D eigenvalue weighted by Crippen LogP contribution is -2.39. The van der Waals surface area contributed by atoms with Crippen molar-refractivity contribution in [2.75, 3.05) is 0 Å². The molecule has 0 aromatic rings. The van der Waals surface area contributed by atoms with Gasteiger partial charge in [0.2, 0.25) is 0 Å². The van der Waals surface area contributed by atoms with Crippen LogP contribution in [0.3, 0.4) is 0 Å². The summed E-state index contributed by atoms with van der Waals surface area (Å²) in [6, 6.07) is 0. The fourth-order valence-electron chi connectivity index (χ4n) is 3.05. The molecular weight excluding hydrogens is 248 g/mol. The van der Waals surface area contributed by atoms with Gasteiger partial charge in [-0.3, -0.25) is 0 Å². The SMILES string of the molecule is CCCCCCCCC(CC(C)C)C(O)(O)CC(C)C. The van der Waals surface area contributed by atoms with E-state index in [9.17, 15) is 10.2 Å². The Labute approximate surface area is 127 Å². The number of unbranched alkanes of at least 4 members (excludes halogenated alkanes) is 5. The van der Waals surface area contributed by atoms with E-state index in [2.05, 4.69) is 34.6 Å². The summed E-state index contributed by atoms with van der Waals surface area (Å²) in [4.78, 5) is 0. The summed E-state index contributed by atoms with van der Waals surface area (Å²) in [5.74, 6) is -0.617. The van der Waals surface area contributed by atoms with Gasteiger partial charge in [0.25, 0.3) is 0 Å². The van der Waals surface area contributed by atoms with Gasteiger partial charge in [-0.25, -0.2) is 0 Å². The minimum absolute atomic E-state index is 0.0241. The molecule has 0 saturated carbocycles. The van der Waals surface area contributed by atoms with Crippen LogP contribution in [-0.4, -0.2) is 16.0 Å². The Morgan fingerprint density at radius 2 is 1.35 bits per heavy atom. The van der Waals surface area contributed by atoms with E-state index in [1.54, 1.807) is 0 Å². The first kappa shape index (κ1) is 19.9. The van der Waals surface area contributed by atoms with E-state index < -0.39 is 5.79 Å². The second-order valence-corrected chi connectivity index (χ2v) is 7.36. The van der Waals surface area contributed by atoms with Crippen LogP contribution in [-0.2, 0) is 0 Å². The van der Waals surface area contributed by atoms with E-state index >= 15 is 0 Å². The monoisotopic (exact) mass is 286 g/mol. The van der Waals surface area contributed by atoms with Gasteiger partial charge in [-0.2, -0.15) is 0 Å². The molecule has 2 heteroatoms. The third-order valence-corrected chi connectivity index (χ3v) is 4.02. The standard InChI is InChI=1S/C18H38O2/c1-6-7-8-9-10-11-12-17(13-15(2)3)18(19,20)14-16(4)5/h15-17,19-20H,6-14H2,1-5H3. The lowest BCUT2D eigenvalue weighted by molar-refractivity contribution is -0.215. The Balaban J connectivity index is 4.20. The highest BCUT2D eigenvalue weighted by Gasteiger charge is 2.34. The molecule has 0 heterocycles. The molecule has 0 amide bonds. The zero-order chi connectivity index (χ0) is 15.6. The predicted molar refractivity (Wildman–Crippen MR) is 87.6 cm³/mol. The molecule has 0 aliphatic rings. The molecule has 0 bridgehead atoms. The molecule has 0 rings (SSSR count). The second kappa shape index (κ2) is 10.6. The molecule has 0 aliphatic heterocycles. The first-order valence-corrected chi connectivity index (χ1v) is 8.74. The van der Waals surface area contributed by atoms with Crippen molar-refractivity contribution in [2.24, 2.45) is 17.8 Å². The molecule has 1 atom stereocenters. The summed E-state index contributed by atoms with van der Waals surface area (Å²) >= 11 is 0. The van der Waals surface area contributed by atoms with Crippen molar-refractivity contribution >= 4 is 0 Å². The molecule has 0 radical (unpaired) electrons. The van der Waals surface area contributed by atoms with Crippen molar-refractivity contribution in [3.8, 4) is 0 Å². The molecule has 0 aromatic heterocycles. The highest BCUT2D eigenvalue weighted by molar-refractivity contribution is 4.78. The van der Waals surface area contributed by atoms with Gasteiger partial charge in [-0.1, -0.05) is 73.1 Å². The molecule has 0 aromatic carbocycles. The van der Waals surface area contributed by atoms with E-state index in [0.717, 1.165) is 19.3 Å². The Morgan fingerprint density at radius 3 is 1.85 bits per heavy atom. The molecule has 0 aliphatic carbocycles. The maximum Gasteiger partial charge on any atom is 0.165 e. The molecule has 20 heavy (non-hydrogen) atoms. The van der Waals surface area contributed by atoms with Crippen LogP contribution in [0.25, 0.3) is 0 Å². The maximum absolute atomic E-state index is 10.4. The summed E-state index contributed by atoms with van der Waals surface area (Å²) in [6.45, 7) is 10.7. The normalized spacial score (nSPS) is 14.2. The highest BCUT2D eigenvalue weighted by atomic mass is 16.5. The molecule has 0 saturated heterocycles. The Kier molecular flexibility index (Phi) is 10.6. The van der Waals surface area contributed by atoms with E-state index in [1.807, 2.05) is 0 Å². The number of rotatable bonds is 12. The van der Waals surface area contributed by atoms with Crippen LogP contribution in [0.1, 0.15) is 92.4 Å². The van der Waals surface area contributed by atoms with Crippen molar-refractivity contribution in [1.82, 2.24) is 0 Å². The lowest BCUT2D eigenvalue weighted by atomic mass is 9.81. The van der Waals surface area contributed by atoms with Crippen LogP contribution in [0.5, 0.6) is 0 Å². The number of aliphatic hydroxyl groups is 2. The van der Waals surface area contributed by atoms with Crippen molar-refractivity contribution in [1.29, 1.82) is 0 Å². The van der Waals surface area contributed by atoms with Crippen molar-refractivity contribution in [3.63, 3.8) is 0 Å². The topological polar surface area (TPSA) is 40.5 Å². The lowest BCUT2D eigenvalue weighted by Gasteiger charge is -2.34. The number of hydrogen-bond donors (Lipinski definition) is 2. The Morgan fingerprint density at radius 1 is 0.800 bits per heavy atom. The quantitative estimate of drug-likeness (QED) is 0.386. The average molecular weight is 286 g/mol. The first-order valence-electron chi connectivity index (χ1n) is 8.74. The molecule has 0 spiro atoms. The molecule has 1 unspecified atom stereocenters. The van der Waals surface area contributed by atoms with Crippen LogP contribution in [0.2, 0.25) is 0 Å². The fourth-order valence-corrected chi connectivity index (χ4v) is 3.05. The van der Waals surface area contributed by atoms with Gasteiger partial charge in [0.15, 0.2) is 5.79 Å². The smallest absolute Gasteiger partial charge is 0.165 e. The average Bonchev–Trinajstić information content (AvgIpc) is 2.29. The summed E-state index contributed by atoms with van der Waals surface area (Å²) in [7, 11) is 0. The van der Waals surface area contributed by atoms with E-state index in [0.29, 0.717) is 18.3 Å². The predicted octanol–water partition coefficient (Wildman–Crippen LogP) is 5.13. The Bertz CT molecular complexity index is 221. The fraction of sp³-hybridized carbons (Fsp3) is 1.00. The van der Waals surface area contributed by atoms with Crippen molar-refractivity contribution in [2.45, 2.75) is 98.2 Å². The van der Waals surface area contributed by atoms with Gasteiger partial charge in [0, 0.05) is 12.3 Å². The molecular formula is C18H38O2. The second-order valence-electron chi connectivity index (χ2n) is 7.36. The van der Waals surface area contributed by atoms with Crippen LogP contribution in [0.15, 0.2) is 0 Å². The molecule has 2 nitrogen and oxygen atoms in total.